The molecule has 5 heteroatoms. The largest absolute Gasteiger partial charge is 0.497 e. The first-order valence-electron chi connectivity index (χ1n) is 10.3. The van der Waals surface area contributed by atoms with Crippen LogP contribution in [0.25, 0.3) is 0 Å². The van der Waals surface area contributed by atoms with Gasteiger partial charge in [-0.25, -0.2) is 0 Å². The third kappa shape index (κ3) is 5.61. The molecule has 150 valence electrons. The maximum absolute atomic E-state index is 5.24. The Balaban J connectivity index is 1.40. The molecule has 0 aliphatic carbocycles. The van der Waals surface area contributed by atoms with Crippen LogP contribution in [0, 0.1) is 11.3 Å². The lowest BCUT2D eigenvalue weighted by Gasteiger charge is -2.33. The van der Waals surface area contributed by atoms with Crippen LogP contribution in [0.1, 0.15) is 38.7 Å². The summed E-state index contributed by atoms with van der Waals surface area (Å²) in [7, 11) is 3.62. The van der Waals surface area contributed by atoms with E-state index >= 15 is 0 Å². The zero-order valence-electron chi connectivity index (χ0n) is 17.5. The second kappa shape index (κ2) is 8.96. The highest BCUT2D eigenvalue weighted by Gasteiger charge is 2.31. The van der Waals surface area contributed by atoms with E-state index in [1.54, 1.807) is 7.11 Å². The number of methoxy groups -OCH3 is 1. The molecule has 2 aliphatic rings. The van der Waals surface area contributed by atoms with Crippen molar-refractivity contribution in [2.45, 2.75) is 39.7 Å². The Kier molecular flexibility index (Phi) is 6.64. The molecule has 1 aromatic carbocycles. The van der Waals surface area contributed by atoms with E-state index in [2.05, 4.69) is 58.2 Å². The number of likely N-dealkylation sites (tertiary alicyclic amines) is 2. The van der Waals surface area contributed by atoms with Crippen molar-refractivity contribution in [2.75, 3.05) is 46.9 Å². The number of nitrogens with zero attached hydrogens (tertiary/aromatic N) is 3. The van der Waals surface area contributed by atoms with Crippen molar-refractivity contribution < 1.29 is 4.74 Å². The van der Waals surface area contributed by atoms with Crippen molar-refractivity contribution in [3.8, 4) is 5.75 Å². The number of guanidine groups is 1. The number of rotatable bonds is 5. The lowest BCUT2D eigenvalue weighted by molar-refractivity contribution is 0.177. The molecule has 0 amide bonds. The van der Waals surface area contributed by atoms with Gasteiger partial charge in [-0.05, 0) is 61.4 Å². The van der Waals surface area contributed by atoms with Crippen molar-refractivity contribution in [2.24, 2.45) is 16.3 Å². The molecular weight excluding hydrogens is 336 g/mol. The van der Waals surface area contributed by atoms with Gasteiger partial charge in [0.05, 0.1) is 7.11 Å². The maximum Gasteiger partial charge on any atom is 0.193 e. The number of benzene rings is 1. The first-order valence-corrected chi connectivity index (χ1v) is 10.3. The Morgan fingerprint density at radius 3 is 2.44 bits per heavy atom. The van der Waals surface area contributed by atoms with Crippen molar-refractivity contribution >= 4 is 5.96 Å². The van der Waals surface area contributed by atoms with Gasteiger partial charge in [-0.2, -0.15) is 0 Å². The van der Waals surface area contributed by atoms with E-state index in [1.807, 2.05) is 7.05 Å². The predicted octanol–water partition coefficient (Wildman–Crippen LogP) is 3.21. The number of piperidine rings is 1. The van der Waals surface area contributed by atoms with Gasteiger partial charge in [0.1, 0.15) is 5.75 Å². The van der Waals surface area contributed by atoms with Crippen molar-refractivity contribution in [1.82, 2.24) is 15.1 Å². The summed E-state index contributed by atoms with van der Waals surface area (Å²) in [4.78, 5) is 9.50. The Labute approximate surface area is 164 Å². The number of hydrogen-bond donors (Lipinski definition) is 1. The van der Waals surface area contributed by atoms with Gasteiger partial charge in [0.2, 0.25) is 0 Å². The minimum Gasteiger partial charge on any atom is -0.497 e. The molecule has 0 saturated carbocycles. The second-order valence-electron chi connectivity index (χ2n) is 8.83. The average molecular weight is 373 g/mol. The Hall–Kier alpha value is -1.75. The highest BCUT2D eigenvalue weighted by atomic mass is 16.5. The summed E-state index contributed by atoms with van der Waals surface area (Å²) in [5.74, 6) is 2.75. The van der Waals surface area contributed by atoms with E-state index in [0.29, 0.717) is 5.41 Å². The predicted molar refractivity (Wildman–Crippen MR) is 112 cm³/mol. The molecule has 2 fully saturated rings. The average Bonchev–Trinajstić information content (AvgIpc) is 3.04. The van der Waals surface area contributed by atoms with E-state index in [0.717, 1.165) is 43.8 Å². The third-order valence-corrected chi connectivity index (χ3v) is 6.01. The zero-order chi connectivity index (χ0) is 19.3. The smallest absolute Gasteiger partial charge is 0.193 e. The third-order valence-electron chi connectivity index (χ3n) is 6.01. The van der Waals surface area contributed by atoms with Crippen molar-refractivity contribution in [3.63, 3.8) is 0 Å². The maximum atomic E-state index is 5.24. The summed E-state index contributed by atoms with van der Waals surface area (Å²) < 4.78 is 5.24. The van der Waals surface area contributed by atoms with Gasteiger partial charge in [-0.15, -0.1) is 0 Å². The van der Waals surface area contributed by atoms with Crippen LogP contribution < -0.4 is 10.1 Å². The topological polar surface area (TPSA) is 40.1 Å². The van der Waals surface area contributed by atoms with Crippen LogP contribution in [0.15, 0.2) is 29.3 Å². The Morgan fingerprint density at radius 1 is 1.19 bits per heavy atom. The number of ether oxygens (including phenoxy) is 1. The minimum atomic E-state index is 0.407. The lowest BCUT2D eigenvalue weighted by atomic mass is 9.93. The summed E-state index contributed by atoms with van der Waals surface area (Å²) in [6, 6.07) is 8.45. The Morgan fingerprint density at radius 2 is 1.89 bits per heavy atom. The van der Waals surface area contributed by atoms with Crippen LogP contribution in [-0.4, -0.2) is 62.6 Å². The molecule has 0 aromatic heterocycles. The molecule has 0 radical (unpaired) electrons. The van der Waals surface area contributed by atoms with Crippen LogP contribution in [0.3, 0.4) is 0 Å². The van der Waals surface area contributed by atoms with Crippen molar-refractivity contribution in [3.05, 3.63) is 29.8 Å². The number of nitrogens with one attached hydrogen (secondary N) is 1. The van der Waals surface area contributed by atoms with Gasteiger partial charge in [0.25, 0.3) is 0 Å². The highest BCUT2D eigenvalue weighted by Crippen LogP contribution is 2.28. The fourth-order valence-corrected chi connectivity index (χ4v) is 4.20. The molecule has 5 nitrogen and oxygen atoms in total. The first kappa shape index (κ1) is 20.0. The summed E-state index contributed by atoms with van der Waals surface area (Å²) in [6.07, 6.45) is 3.76. The lowest BCUT2D eigenvalue weighted by Crippen LogP contribution is -2.44. The number of hydrogen-bond acceptors (Lipinski definition) is 3. The van der Waals surface area contributed by atoms with E-state index in [9.17, 15) is 0 Å². The molecule has 27 heavy (non-hydrogen) atoms. The molecule has 0 spiro atoms. The van der Waals surface area contributed by atoms with Gasteiger partial charge in [-0.1, -0.05) is 26.0 Å². The fraction of sp³-hybridized carbons (Fsp3) is 0.682. The molecule has 2 aliphatic heterocycles. The number of aliphatic imine (C=N–C) groups is 1. The Bertz CT molecular complexity index is 618. The van der Waals surface area contributed by atoms with Crippen LogP contribution >= 0.6 is 0 Å². The van der Waals surface area contributed by atoms with Gasteiger partial charge < -0.3 is 15.0 Å². The highest BCUT2D eigenvalue weighted by molar-refractivity contribution is 5.80. The molecule has 0 atom stereocenters. The molecule has 1 aromatic rings. The zero-order valence-corrected chi connectivity index (χ0v) is 17.5. The molecule has 2 heterocycles. The van der Waals surface area contributed by atoms with E-state index < -0.39 is 0 Å². The van der Waals surface area contributed by atoms with Gasteiger partial charge >= 0.3 is 0 Å². The van der Waals surface area contributed by atoms with Crippen LogP contribution in [-0.2, 0) is 6.54 Å². The first-order chi connectivity index (χ1) is 13.0. The van der Waals surface area contributed by atoms with Gasteiger partial charge in [-0.3, -0.25) is 9.89 Å². The minimum absolute atomic E-state index is 0.407. The van der Waals surface area contributed by atoms with E-state index in [-0.39, 0.29) is 0 Å². The molecule has 3 rings (SSSR count). The molecule has 1 N–H and O–H groups in total. The fourth-order valence-electron chi connectivity index (χ4n) is 4.20. The summed E-state index contributed by atoms with van der Waals surface area (Å²) in [5.41, 5.74) is 1.77. The van der Waals surface area contributed by atoms with E-state index in [1.165, 1.54) is 37.9 Å². The molecular formula is C22H36N4O. The van der Waals surface area contributed by atoms with Gasteiger partial charge in [0, 0.05) is 33.2 Å². The van der Waals surface area contributed by atoms with Crippen LogP contribution in [0.5, 0.6) is 5.75 Å². The molecule has 0 bridgehead atoms. The normalized spacial score (nSPS) is 21.5. The molecule has 0 unspecified atom stereocenters. The van der Waals surface area contributed by atoms with Crippen molar-refractivity contribution in [1.29, 1.82) is 0 Å². The summed E-state index contributed by atoms with van der Waals surface area (Å²) >= 11 is 0. The second-order valence-corrected chi connectivity index (χ2v) is 8.83. The van der Waals surface area contributed by atoms with Gasteiger partial charge in [0.15, 0.2) is 5.96 Å². The summed E-state index contributed by atoms with van der Waals surface area (Å²) in [5, 5.41) is 3.64. The van der Waals surface area contributed by atoms with Crippen LogP contribution in [0.4, 0.5) is 0 Å². The quantitative estimate of drug-likeness (QED) is 0.636. The SMILES string of the molecule is CN=C(NCC1CCN(Cc2ccc(OC)cc2)CC1)N1CCC(C)(C)C1. The monoisotopic (exact) mass is 372 g/mol. The molecule has 2 saturated heterocycles. The van der Waals surface area contributed by atoms with E-state index in [4.69, 9.17) is 4.74 Å². The standard InChI is InChI=1S/C22H36N4O/c1-22(2)11-14-26(17-22)21(23-3)24-15-18-9-12-25(13-10-18)16-19-5-7-20(27-4)8-6-19/h5-8,18H,9-17H2,1-4H3,(H,23,24). The summed E-state index contributed by atoms with van der Waals surface area (Å²) in [6.45, 7) is 11.3. The van der Waals surface area contributed by atoms with Crippen LogP contribution in [0.2, 0.25) is 0 Å².